The van der Waals surface area contributed by atoms with Crippen molar-refractivity contribution < 1.29 is 0 Å². The zero-order valence-electron chi connectivity index (χ0n) is 26.7. The SMILES string of the molecule is c1ccc(-c2nc(-c3ccccc3)nc(-c3ccc4sc5ccc(-c6ccc7c(c6)c6cnccc6n7-c6ccccc6)cc5c4c3)n2)cc1. The predicted molar refractivity (Wildman–Crippen MR) is 207 cm³/mol. The van der Waals surface area contributed by atoms with E-state index in [0.29, 0.717) is 17.5 Å². The number of nitrogens with zero attached hydrogens (tertiary/aromatic N) is 5. The zero-order valence-corrected chi connectivity index (χ0v) is 27.5. The fourth-order valence-electron chi connectivity index (χ4n) is 6.93. The van der Waals surface area contributed by atoms with Gasteiger partial charge in [0.15, 0.2) is 17.5 Å². The minimum absolute atomic E-state index is 0.656. The summed E-state index contributed by atoms with van der Waals surface area (Å²) in [5.74, 6) is 1.97. The minimum atomic E-state index is 0.656. The fraction of sp³-hybridized carbons (Fsp3) is 0. The molecule has 0 aliphatic carbocycles. The number of rotatable bonds is 5. The Morgan fingerprint density at radius 1 is 0.400 bits per heavy atom. The van der Waals surface area contributed by atoms with Gasteiger partial charge in [-0.1, -0.05) is 91.0 Å². The molecule has 0 fully saturated rings. The van der Waals surface area contributed by atoms with Gasteiger partial charge in [-0.05, 0) is 71.8 Å². The number of fused-ring (bicyclic) bond motifs is 6. The van der Waals surface area contributed by atoms with Crippen molar-refractivity contribution in [1.82, 2.24) is 24.5 Å². The molecule has 50 heavy (non-hydrogen) atoms. The van der Waals surface area contributed by atoms with Gasteiger partial charge in [0.2, 0.25) is 0 Å². The van der Waals surface area contributed by atoms with Gasteiger partial charge in [-0.25, -0.2) is 15.0 Å². The van der Waals surface area contributed by atoms with Crippen LogP contribution in [-0.2, 0) is 0 Å². The largest absolute Gasteiger partial charge is 0.309 e. The highest BCUT2D eigenvalue weighted by Crippen LogP contribution is 2.40. The number of pyridine rings is 1. The molecular formula is C44H27N5S. The van der Waals surface area contributed by atoms with Crippen LogP contribution < -0.4 is 0 Å². The molecule has 10 rings (SSSR count). The lowest BCUT2D eigenvalue weighted by molar-refractivity contribution is 1.07. The van der Waals surface area contributed by atoms with E-state index >= 15 is 0 Å². The quantitative estimate of drug-likeness (QED) is 0.185. The number of hydrogen-bond donors (Lipinski definition) is 0. The third kappa shape index (κ3) is 4.77. The van der Waals surface area contributed by atoms with E-state index in [0.717, 1.165) is 38.8 Å². The van der Waals surface area contributed by atoms with Gasteiger partial charge in [0.05, 0.1) is 11.0 Å². The van der Waals surface area contributed by atoms with Gasteiger partial charge < -0.3 is 4.57 Å². The van der Waals surface area contributed by atoms with E-state index in [1.807, 2.05) is 84.4 Å². The normalized spacial score (nSPS) is 11.6. The summed E-state index contributed by atoms with van der Waals surface area (Å²) in [6.45, 7) is 0. The Kier molecular flexibility index (Phi) is 6.60. The molecule has 234 valence electrons. The van der Waals surface area contributed by atoms with E-state index in [9.17, 15) is 0 Å². The first kappa shape index (κ1) is 28.5. The topological polar surface area (TPSA) is 56.5 Å². The van der Waals surface area contributed by atoms with Crippen LogP contribution in [0.5, 0.6) is 0 Å². The molecule has 6 aromatic carbocycles. The second kappa shape index (κ2) is 11.6. The molecule has 4 heterocycles. The highest BCUT2D eigenvalue weighted by atomic mass is 32.1. The van der Waals surface area contributed by atoms with Crippen LogP contribution in [0.1, 0.15) is 0 Å². The van der Waals surface area contributed by atoms with Crippen LogP contribution in [0.2, 0.25) is 0 Å². The second-order valence-corrected chi connectivity index (χ2v) is 13.4. The van der Waals surface area contributed by atoms with Crippen molar-refractivity contribution in [3.63, 3.8) is 0 Å². The van der Waals surface area contributed by atoms with E-state index < -0.39 is 0 Å². The van der Waals surface area contributed by atoms with E-state index in [1.54, 1.807) is 0 Å². The van der Waals surface area contributed by atoms with Crippen molar-refractivity contribution in [2.24, 2.45) is 0 Å². The van der Waals surface area contributed by atoms with Gasteiger partial charge in [-0.15, -0.1) is 11.3 Å². The van der Waals surface area contributed by atoms with Crippen molar-refractivity contribution in [3.8, 4) is 51.0 Å². The molecule has 0 saturated carbocycles. The Labute approximate surface area is 291 Å². The monoisotopic (exact) mass is 657 g/mol. The molecule has 0 aliphatic heterocycles. The summed E-state index contributed by atoms with van der Waals surface area (Å²) in [7, 11) is 0. The Morgan fingerprint density at radius 2 is 0.900 bits per heavy atom. The molecule has 5 nitrogen and oxygen atoms in total. The van der Waals surface area contributed by atoms with Gasteiger partial charge >= 0.3 is 0 Å². The third-order valence-corrected chi connectivity index (χ3v) is 10.5. The Hall–Kier alpha value is -6.50. The maximum Gasteiger partial charge on any atom is 0.164 e. The van der Waals surface area contributed by atoms with Gasteiger partial charge in [0, 0.05) is 65.7 Å². The first-order valence-electron chi connectivity index (χ1n) is 16.5. The average molecular weight is 658 g/mol. The van der Waals surface area contributed by atoms with E-state index in [4.69, 9.17) is 15.0 Å². The van der Waals surface area contributed by atoms with Crippen LogP contribution in [-0.4, -0.2) is 24.5 Å². The number of aromatic nitrogens is 5. The van der Waals surface area contributed by atoms with Crippen molar-refractivity contribution >= 4 is 53.3 Å². The van der Waals surface area contributed by atoms with Crippen molar-refractivity contribution in [2.45, 2.75) is 0 Å². The summed E-state index contributed by atoms with van der Waals surface area (Å²) in [5, 5.41) is 4.74. The molecule has 0 bridgehead atoms. The lowest BCUT2D eigenvalue weighted by Crippen LogP contribution is -2.00. The van der Waals surface area contributed by atoms with Gasteiger partial charge in [-0.3, -0.25) is 4.98 Å². The number of para-hydroxylation sites is 1. The molecule has 6 heteroatoms. The first-order valence-corrected chi connectivity index (χ1v) is 17.4. The van der Waals surface area contributed by atoms with E-state index in [1.165, 1.54) is 36.7 Å². The molecule has 0 unspecified atom stereocenters. The smallest absolute Gasteiger partial charge is 0.164 e. The average Bonchev–Trinajstić information content (AvgIpc) is 3.73. The molecule has 10 aromatic rings. The summed E-state index contributed by atoms with van der Waals surface area (Å²) in [6.07, 6.45) is 3.85. The maximum absolute atomic E-state index is 4.99. The summed E-state index contributed by atoms with van der Waals surface area (Å²) < 4.78 is 4.80. The Bertz CT molecular complexity index is 2800. The van der Waals surface area contributed by atoms with Gasteiger partial charge in [-0.2, -0.15) is 0 Å². The second-order valence-electron chi connectivity index (χ2n) is 12.4. The van der Waals surface area contributed by atoms with Crippen molar-refractivity contribution in [1.29, 1.82) is 0 Å². The Morgan fingerprint density at radius 3 is 1.54 bits per heavy atom. The van der Waals surface area contributed by atoms with Crippen LogP contribution >= 0.6 is 11.3 Å². The van der Waals surface area contributed by atoms with E-state index in [2.05, 4.69) is 101 Å². The molecule has 0 radical (unpaired) electrons. The molecule has 0 aliphatic rings. The fourth-order valence-corrected chi connectivity index (χ4v) is 8.00. The van der Waals surface area contributed by atoms with Gasteiger partial charge in [0.25, 0.3) is 0 Å². The maximum atomic E-state index is 4.99. The minimum Gasteiger partial charge on any atom is -0.309 e. The lowest BCUT2D eigenvalue weighted by Gasteiger charge is -2.09. The Balaban J connectivity index is 1.11. The highest BCUT2D eigenvalue weighted by molar-refractivity contribution is 7.25. The van der Waals surface area contributed by atoms with Crippen LogP contribution in [0, 0.1) is 0 Å². The number of hydrogen-bond acceptors (Lipinski definition) is 5. The summed E-state index contributed by atoms with van der Waals surface area (Å²) in [6, 6.07) is 53.0. The molecule has 0 spiro atoms. The van der Waals surface area contributed by atoms with E-state index in [-0.39, 0.29) is 0 Å². The first-order chi connectivity index (χ1) is 24.8. The van der Waals surface area contributed by atoms with Crippen LogP contribution in [0.25, 0.3) is 93.0 Å². The summed E-state index contributed by atoms with van der Waals surface area (Å²) in [5.41, 5.74) is 8.67. The number of thiophene rings is 1. The highest BCUT2D eigenvalue weighted by Gasteiger charge is 2.16. The number of benzene rings is 6. The summed E-state index contributed by atoms with van der Waals surface area (Å²) >= 11 is 1.81. The zero-order chi connectivity index (χ0) is 33.0. The molecular weight excluding hydrogens is 631 g/mol. The predicted octanol–water partition coefficient (Wildman–Crippen LogP) is 11.4. The summed E-state index contributed by atoms with van der Waals surface area (Å²) in [4.78, 5) is 19.3. The van der Waals surface area contributed by atoms with Crippen LogP contribution in [0.15, 0.2) is 164 Å². The molecule has 0 amide bonds. The third-order valence-electron chi connectivity index (χ3n) is 9.34. The molecule has 0 saturated heterocycles. The lowest BCUT2D eigenvalue weighted by atomic mass is 10.0. The molecule has 0 N–H and O–H groups in total. The molecule has 4 aromatic heterocycles. The van der Waals surface area contributed by atoms with Crippen molar-refractivity contribution in [2.75, 3.05) is 0 Å². The van der Waals surface area contributed by atoms with Gasteiger partial charge in [0.1, 0.15) is 0 Å². The van der Waals surface area contributed by atoms with Crippen molar-refractivity contribution in [3.05, 3.63) is 164 Å². The van der Waals surface area contributed by atoms with Crippen LogP contribution in [0.3, 0.4) is 0 Å². The standard InChI is InChI=1S/C44H27N5S/c1-4-10-28(11-5-1)42-46-43(29-12-6-2-7-13-29)48-44(47-42)32-18-21-41-36(26-32)35-25-31(17-20-40(35)50-41)30-16-19-38-34(24-30)37-27-45-23-22-39(37)49(38)33-14-8-3-9-15-33/h1-27H. The van der Waals surface area contributed by atoms with Crippen LogP contribution in [0.4, 0.5) is 0 Å². The molecule has 0 atom stereocenters.